The smallest absolute Gasteiger partial charge is 0.240 e. The van der Waals surface area contributed by atoms with Crippen molar-refractivity contribution < 1.29 is 9.26 Å². The zero-order valence-corrected chi connectivity index (χ0v) is 10.6. The molecule has 1 N–H and O–H groups in total. The predicted molar refractivity (Wildman–Crippen MR) is 63.4 cm³/mol. The van der Waals surface area contributed by atoms with Crippen molar-refractivity contribution in [2.24, 2.45) is 0 Å². The highest BCUT2D eigenvalue weighted by Gasteiger charge is 2.22. The summed E-state index contributed by atoms with van der Waals surface area (Å²) in [5.74, 6) is 1.34. The van der Waals surface area contributed by atoms with E-state index in [1.54, 1.807) is 0 Å². The topological polar surface area (TPSA) is 60.2 Å². The fraction of sp³-hybridized carbons (Fsp3) is 0.833. The molecule has 0 aromatic carbocycles. The highest BCUT2D eigenvalue weighted by molar-refractivity contribution is 4.92. The van der Waals surface area contributed by atoms with E-state index >= 15 is 0 Å². The van der Waals surface area contributed by atoms with Crippen molar-refractivity contribution in [2.45, 2.75) is 58.2 Å². The Kier molecular flexibility index (Phi) is 4.50. The standard InChI is InChI=1S/C12H21N3O2/c1-3-5-10(16-4-2)12-14-11(17-15-12)8-13-9-6-7-9/h9-10,13H,3-8H2,1-2H3. The van der Waals surface area contributed by atoms with Crippen molar-refractivity contribution in [3.63, 3.8) is 0 Å². The van der Waals surface area contributed by atoms with Gasteiger partial charge in [0.25, 0.3) is 0 Å². The van der Waals surface area contributed by atoms with E-state index in [0.717, 1.165) is 12.8 Å². The largest absolute Gasteiger partial charge is 0.370 e. The Balaban J connectivity index is 1.88. The van der Waals surface area contributed by atoms with Crippen LogP contribution in [0.1, 0.15) is 57.3 Å². The summed E-state index contributed by atoms with van der Waals surface area (Å²) >= 11 is 0. The Morgan fingerprint density at radius 3 is 2.94 bits per heavy atom. The average molecular weight is 239 g/mol. The fourth-order valence-corrected chi connectivity index (χ4v) is 1.74. The monoisotopic (exact) mass is 239 g/mol. The van der Waals surface area contributed by atoms with Crippen molar-refractivity contribution in [2.75, 3.05) is 6.61 Å². The third kappa shape index (κ3) is 3.78. The molecule has 2 rings (SSSR count). The molecule has 1 aromatic heterocycles. The van der Waals surface area contributed by atoms with E-state index in [9.17, 15) is 0 Å². The highest BCUT2D eigenvalue weighted by Crippen LogP contribution is 2.21. The fourth-order valence-electron chi connectivity index (χ4n) is 1.74. The lowest BCUT2D eigenvalue weighted by Crippen LogP contribution is -2.15. The average Bonchev–Trinajstić information content (AvgIpc) is 3.04. The van der Waals surface area contributed by atoms with Crippen LogP contribution in [0.25, 0.3) is 0 Å². The van der Waals surface area contributed by atoms with Crippen molar-refractivity contribution in [1.29, 1.82) is 0 Å². The number of hydrogen-bond acceptors (Lipinski definition) is 5. The minimum Gasteiger partial charge on any atom is -0.370 e. The van der Waals surface area contributed by atoms with Gasteiger partial charge in [0, 0.05) is 12.6 Å². The van der Waals surface area contributed by atoms with Gasteiger partial charge in [0.05, 0.1) is 6.54 Å². The molecule has 1 fully saturated rings. The molecular formula is C12H21N3O2. The second-order valence-electron chi connectivity index (χ2n) is 4.43. The van der Waals surface area contributed by atoms with Crippen LogP contribution in [0.15, 0.2) is 4.52 Å². The highest BCUT2D eigenvalue weighted by atomic mass is 16.5. The molecule has 1 atom stereocenters. The van der Waals surface area contributed by atoms with Crippen molar-refractivity contribution in [3.8, 4) is 0 Å². The van der Waals surface area contributed by atoms with Crippen LogP contribution in [-0.2, 0) is 11.3 Å². The first-order valence-corrected chi connectivity index (χ1v) is 6.51. The van der Waals surface area contributed by atoms with Gasteiger partial charge in [-0.15, -0.1) is 0 Å². The zero-order chi connectivity index (χ0) is 12.1. The zero-order valence-electron chi connectivity index (χ0n) is 10.6. The van der Waals surface area contributed by atoms with Crippen LogP contribution in [0.2, 0.25) is 0 Å². The molecule has 1 aromatic rings. The van der Waals surface area contributed by atoms with Crippen LogP contribution in [0, 0.1) is 0 Å². The first-order valence-electron chi connectivity index (χ1n) is 6.51. The predicted octanol–water partition coefficient (Wildman–Crippen LogP) is 2.20. The van der Waals surface area contributed by atoms with E-state index in [1.165, 1.54) is 12.8 Å². The first-order chi connectivity index (χ1) is 8.33. The normalized spacial score (nSPS) is 17.3. The van der Waals surface area contributed by atoms with Gasteiger partial charge < -0.3 is 14.6 Å². The molecule has 17 heavy (non-hydrogen) atoms. The molecule has 0 bridgehead atoms. The summed E-state index contributed by atoms with van der Waals surface area (Å²) in [6, 6.07) is 0.656. The molecule has 1 saturated carbocycles. The van der Waals surface area contributed by atoms with Gasteiger partial charge in [0.2, 0.25) is 11.7 Å². The molecule has 0 aliphatic heterocycles. The van der Waals surface area contributed by atoms with Gasteiger partial charge in [-0.05, 0) is 26.2 Å². The SMILES string of the molecule is CCCC(OCC)c1noc(CNC2CC2)n1. The van der Waals surface area contributed by atoms with E-state index in [-0.39, 0.29) is 6.10 Å². The molecule has 1 aliphatic carbocycles. The molecule has 5 heteroatoms. The number of aromatic nitrogens is 2. The van der Waals surface area contributed by atoms with Gasteiger partial charge in [0.1, 0.15) is 6.10 Å². The quantitative estimate of drug-likeness (QED) is 0.753. The lowest BCUT2D eigenvalue weighted by Gasteiger charge is -2.11. The Hall–Kier alpha value is -0.940. The maximum absolute atomic E-state index is 5.61. The summed E-state index contributed by atoms with van der Waals surface area (Å²) in [6.45, 7) is 5.46. The summed E-state index contributed by atoms with van der Waals surface area (Å²) < 4.78 is 10.8. The van der Waals surface area contributed by atoms with Gasteiger partial charge in [-0.3, -0.25) is 0 Å². The molecule has 0 radical (unpaired) electrons. The summed E-state index contributed by atoms with van der Waals surface area (Å²) in [5, 5.41) is 7.35. The van der Waals surface area contributed by atoms with E-state index in [0.29, 0.717) is 30.9 Å². The van der Waals surface area contributed by atoms with Gasteiger partial charge in [-0.2, -0.15) is 4.98 Å². The number of nitrogens with zero attached hydrogens (tertiary/aromatic N) is 2. The Morgan fingerprint density at radius 2 is 2.29 bits per heavy atom. The second-order valence-corrected chi connectivity index (χ2v) is 4.43. The molecular weight excluding hydrogens is 218 g/mol. The molecule has 0 saturated heterocycles. The Bertz CT molecular complexity index is 330. The van der Waals surface area contributed by atoms with Crippen LogP contribution in [0.5, 0.6) is 0 Å². The summed E-state index contributed by atoms with van der Waals surface area (Å²) in [5.41, 5.74) is 0. The van der Waals surface area contributed by atoms with E-state index in [2.05, 4.69) is 22.4 Å². The molecule has 1 unspecified atom stereocenters. The molecule has 96 valence electrons. The summed E-state index contributed by atoms with van der Waals surface area (Å²) in [4.78, 5) is 4.38. The van der Waals surface area contributed by atoms with Crippen molar-refractivity contribution in [1.82, 2.24) is 15.5 Å². The first kappa shape index (κ1) is 12.5. The van der Waals surface area contributed by atoms with E-state index < -0.39 is 0 Å². The second kappa shape index (κ2) is 6.12. The molecule has 5 nitrogen and oxygen atoms in total. The Morgan fingerprint density at radius 1 is 1.47 bits per heavy atom. The maximum atomic E-state index is 5.61. The number of rotatable bonds is 8. The van der Waals surface area contributed by atoms with Crippen LogP contribution >= 0.6 is 0 Å². The third-order valence-electron chi connectivity index (χ3n) is 2.81. The molecule has 1 aliphatic rings. The molecule has 0 amide bonds. The van der Waals surface area contributed by atoms with Crippen LogP contribution in [0.3, 0.4) is 0 Å². The van der Waals surface area contributed by atoms with E-state index in [4.69, 9.17) is 9.26 Å². The molecule has 1 heterocycles. The summed E-state index contributed by atoms with van der Waals surface area (Å²) in [7, 11) is 0. The minimum atomic E-state index is -0.0246. The molecule has 0 spiro atoms. The Labute approximate surface area is 102 Å². The van der Waals surface area contributed by atoms with Gasteiger partial charge in [-0.1, -0.05) is 18.5 Å². The van der Waals surface area contributed by atoms with Crippen LogP contribution < -0.4 is 5.32 Å². The van der Waals surface area contributed by atoms with Gasteiger partial charge in [-0.25, -0.2) is 0 Å². The summed E-state index contributed by atoms with van der Waals surface area (Å²) in [6.07, 6.45) is 4.48. The van der Waals surface area contributed by atoms with Gasteiger partial charge in [0.15, 0.2) is 0 Å². The lowest BCUT2D eigenvalue weighted by atomic mass is 10.2. The third-order valence-corrected chi connectivity index (χ3v) is 2.81. The number of hydrogen-bond donors (Lipinski definition) is 1. The van der Waals surface area contributed by atoms with Crippen molar-refractivity contribution >= 4 is 0 Å². The van der Waals surface area contributed by atoms with Gasteiger partial charge >= 0.3 is 0 Å². The van der Waals surface area contributed by atoms with Crippen LogP contribution in [-0.4, -0.2) is 22.8 Å². The maximum Gasteiger partial charge on any atom is 0.240 e. The number of ether oxygens (including phenoxy) is 1. The van der Waals surface area contributed by atoms with Crippen LogP contribution in [0.4, 0.5) is 0 Å². The number of nitrogens with one attached hydrogen (secondary N) is 1. The lowest BCUT2D eigenvalue weighted by molar-refractivity contribution is 0.0477. The minimum absolute atomic E-state index is 0.0246. The van der Waals surface area contributed by atoms with Crippen molar-refractivity contribution in [3.05, 3.63) is 11.7 Å². The van der Waals surface area contributed by atoms with E-state index in [1.807, 2.05) is 6.92 Å².